The van der Waals surface area contributed by atoms with Gasteiger partial charge in [-0.3, -0.25) is 4.79 Å². The van der Waals surface area contributed by atoms with Crippen molar-refractivity contribution in [2.24, 2.45) is 0 Å². The molecule has 26 heavy (non-hydrogen) atoms. The van der Waals surface area contributed by atoms with E-state index in [0.717, 1.165) is 32.0 Å². The molecule has 0 atom stereocenters. The van der Waals surface area contributed by atoms with E-state index in [0.29, 0.717) is 11.4 Å². The summed E-state index contributed by atoms with van der Waals surface area (Å²) in [6.07, 6.45) is 0. The molecule has 0 radical (unpaired) electrons. The number of hydrogen-bond acceptors (Lipinski definition) is 4. The third kappa shape index (κ3) is 4.52. The number of hydrogen-bond donors (Lipinski definition) is 1. The molecule has 1 saturated heterocycles. The zero-order valence-electron chi connectivity index (χ0n) is 15.0. The van der Waals surface area contributed by atoms with Crippen LogP contribution in [0.4, 0.5) is 15.8 Å². The van der Waals surface area contributed by atoms with Gasteiger partial charge < -0.3 is 19.7 Å². The Kier molecular flexibility index (Phi) is 5.42. The summed E-state index contributed by atoms with van der Waals surface area (Å²) in [5, 5.41) is 2.86. The zero-order chi connectivity index (χ0) is 18.6. The minimum atomic E-state index is -1.10. The van der Waals surface area contributed by atoms with Crippen molar-refractivity contribution in [3.8, 4) is 5.75 Å². The Hall–Kier alpha value is -2.60. The van der Waals surface area contributed by atoms with Crippen LogP contribution in [0.25, 0.3) is 0 Å². The van der Waals surface area contributed by atoms with Gasteiger partial charge in [0.05, 0.1) is 13.2 Å². The van der Waals surface area contributed by atoms with Gasteiger partial charge in [0.2, 0.25) is 0 Å². The van der Waals surface area contributed by atoms with Crippen LogP contribution in [0.2, 0.25) is 0 Å². The van der Waals surface area contributed by atoms with E-state index in [1.165, 1.54) is 24.3 Å². The van der Waals surface area contributed by atoms with Gasteiger partial charge in [-0.15, -0.1) is 0 Å². The van der Waals surface area contributed by atoms with Crippen LogP contribution in [0, 0.1) is 5.82 Å². The number of rotatable bonds is 5. The summed E-state index contributed by atoms with van der Waals surface area (Å²) in [4.78, 5) is 14.8. The molecule has 0 unspecified atom stereocenters. The molecule has 1 aliphatic rings. The second-order valence-corrected chi connectivity index (χ2v) is 6.67. The maximum absolute atomic E-state index is 13.0. The highest BCUT2D eigenvalue weighted by atomic mass is 19.1. The van der Waals surface area contributed by atoms with E-state index < -0.39 is 5.60 Å². The van der Waals surface area contributed by atoms with Crippen molar-refractivity contribution in [1.82, 2.24) is 0 Å². The number of amides is 1. The lowest BCUT2D eigenvalue weighted by molar-refractivity contribution is -0.128. The number of carbonyl (C=O) groups is 1. The van der Waals surface area contributed by atoms with Gasteiger partial charge in [0.1, 0.15) is 11.6 Å². The van der Waals surface area contributed by atoms with Crippen molar-refractivity contribution < 1.29 is 18.7 Å². The minimum absolute atomic E-state index is 0.277. The molecule has 138 valence electrons. The van der Waals surface area contributed by atoms with Gasteiger partial charge >= 0.3 is 0 Å². The van der Waals surface area contributed by atoms with E-state index in [-0.39, 0.29) is 11.7 Å². The van der Waals surface area contributed by atoms with Crippen molar-refractivity contribution >= 4 is 17.3 Å². The van der Waals surface area contributed by atoms with Crippen LogP contribution in [0.5, 0.6) is 5.75 Å². The van der Waals surface area contributed by atoms with Gasteiger partial charge in [-0.05, 0) is 62.4 Å². The second-order valence-electron chi connectivity index (χ2n) is 6.67. The van der Waals surface area contributed by atoms with Gasteiger partial charge in [-0.25, -0.2) is 4.39 Å². The van der Waals surface area contributed by atoms with Gasteiger partial charge in [-0.2, -0.15) is 0 Å². The summed E-state index contributed by atoms with van der Waals surface area (Å²) in [7, 11) is 0. The molecule has 0 bridgehead atoms. The molecule has 1 N–H and O–H groups in total. The minimum Gasteiger partial charge on any atom is -0.478 e. The van der Waals surface area contributed by atoms with Crippen molar-refractivity contribution in [1.29, 1.82) is 0 Å². The SMILES string of the molecule is CC(C)(Oc1ccc(F)cc1)C(=O)Nc1ccc(N2CCOCC2)cc1. The molecular formula is C20H23FN2O3. The standard InChI is InChI=1S/C20H23FN2O3/c1-20(2,26-18-9-3-15(21)4-10-18)19(24)22-16-5-7-17(8-6-16)23-11-13-25-14-12-23/h3-10H,11-14H2,1-2H3,(H,22,24). The fourth-order valence-electron chi connectivity index (χ4n) is 2.70. The molecular weight excluding hydrogens is 335 g/mol. The molecule has 0 spiro atoms. The highest BCUT2D eigenvalue weighted by molar-refractivity contribution is 5.97. The van der Waals surface area contributed by atoms with Gasteiger partial charge in [0.25, 0.3) is 5.91 Å². The fourth-order valence-corrected chi connectivity index (χ4v) is 2.70. The first-order valence-corrected chi connectivity index (χ1v) is 8.63. The molecule has 0 aromatic heterocycles. The molecule has 3 rings (SSSR count). The van der Waals surface area contributed by atoms with Gasteiger partial charge in [-0.1, -0.05) is 0 Å². The molecule has 1 aliphatic heterocycles. The molecule has 2 aromatic rings. The van der Waals surface area contributed by atoms with E-state index in [1.807, 2.05) is 24.3 Å². The number of carbonyl (C=O) groups excluding carboxylic acids is 1. The Morgan fingerprint density at radius 3 is 2.31 bits per heavy atom. The summed E-state index contributed by atoms with van der Waals surface area (Å²) in [5.74, 6) is -0.185. The van der Waals surface area contributed by atoms with E-state index in [9.17, 15) is 9.18 Å². The molecule has 1 fully saturated rings. The van der Waals surface area contributed by atoms with Crippen LogP contribution in [-0.2, 0) is 9.53 Å². The fraction of sp³-hybridized carbons (Fsp3) is 0.350. The smallest absolute Gasteiger partial charge is 0.267 e. The maximum Gasteiger partial charge on any atom is 0.267 e. The van der Waals surface area contributed by atoms with Gasteiger partial charge in [0.15, 0.2) is 5.60 Å². The van der Waals surface area contributed by atoms with Crippen LogP contribution in [0.3, 0.4) is 0 Å². The van der Waals surface area contributed by atoms with Crippen molar-refractivity contribution in [3.63, 3.8) is 0 Å². The first kappa shape index (κ1) is 18.2. The van der Waals surface area contributed by atoms with Crippen LogP contribution in [0.1, 0.15) is 13.8 Å². The van der Waals surface area contributed by atoms with E-state index in [4.69, 9.17) is 9.47 Å². The highest BCUT2D eigenvalue weighted by Crippen LogP contribution is 2.22. The lowest BCUT2D eigenvalue weighted by Crippen LogP contribution is -2.42. The third-order valence-corrected chi connectivity index (χ3v) is 4.23. The molecule has 0 saturated carbocycles. The number of ether oxygens (including phenoxy) is 2. The van der Waals surface area contributed by atoms with E-state index >= 15 is 0 Å². The predicted octanol–water partition coefficient (Wildman–Crippen LogP) is 3.46. The highest BCUT2D eigenvalue weighted by Gasteiger charge is 2.30. The Morgan fingerprint density at radius 2 is 1.69 bits per heavy atom. The van der Waals surface area contributed by atoms with Crippen molar-refractivity contribution in [3.05, 3.63) is 54.3 Å². The quantitative estimate of drug-likeness (QED) is 0.889. The average molecular weight is 358 g/mol. The Bertz CT molecular complexity index is 739. The van der Waals surface area contributed by atoms with Crippen molar-refractivity contribution in [2.75, 3.05) is 36.5 Å². The molecule has 1 amide bonds. The van der Waals surface area contributed by atoms with Crippen molar-refractivity contribution in [2.45, 2.75) is 19.4 Å². The summed E-state index contributed by atoms with van der Waals surface area (Å²) >= 11 is 0. The molecule has 1 heterocycles. The Labute approximate surface area is 152 Å². The lowest BCUT2D eigenvalue weighted by atomic mass is 10.1. The first-order chi connectivity index (χ1) is 12.4. The lowest BCUT2D eigenvalue weighted by Gasteiger charge is -2.29. The monoisotopic (exact) mass is 358 g/mol. The van der Waals surface area contributed by atoms with E-state index in [2.05, 4.69) is 10.2 Å². The van der Waals surface area contributed by atoms with Crippen LogP contribution in [0.15, 0.2) is 48.5 Å². The number of halogens is 1. The summed E-state index contributed by atoms with van der Waals surface area (Å²) in [6, 6.07) is 13.3. The van der Waals surface area contributed by atoms with Crippen LogP contribution < -0.4 is 15.0 Å². The number of benzene rings is 2. The Morgan fingerprint density at radius 1 is 1.08 bits per heavy atom. The first-order valence-electron chi connectivity index (χ1n) is 8.63. The van der Waals surface area contributed by atoms with Crippen LogP contribution in [-0.4, -0.2) is 37.8 Å². The number of nitrogens with one attached hydrogen (secondary N) is 1. The summed E-state index contributed by atoms with van der Waals surface area (Å²) < 4.78 is 24.1. The largest absolute Gasteiger partial charge is 0.478 e. The maximum atomic E-state index is 13.0. The molecule has 6 heteroatoms. The van der Waals surface area contributed by atoms with E-state index in [1.54, 1.807) is 13.8 Å². The predicted molar refractivity (Wildman–Crippen MR) is 99.2 cm³/mol. The Balaban J connectivity index is 1.61. The van der Waals surface area contributed by atoms with Crippen LogP contribution >= 0.6 is 0 Å². The summed E-state index contributed by atoms with van der Waals surface area (Å²) in [5.41, 5.74) is 0.705. The normalized spacial score (nSPS) is 14.8. The van der Waals surface area contributed by atoms with Gasteiger partial charge in [0, 0.05) is 24.5 Å². The summed E-state index contributed by atoms with van der Waals surface area (Å²) in [6.45, 7) is 6.54. The number of nitrogens with zero attached hydrogens (tertiary/aromatic N) is 1. The molecule has 2 aromatic carbocycles. The molecule has 5 nitrogen and oxygen atoms in total. The number of morpholine rings is 1. The zero-order valence-corrected chi connectivity index (χ0v) is 15.0. The second kappa shape index (κ2) is 7.74. The average Bonchev–Trinajstić information content (AvgIpc) is 2.65. The number of anilines is 2. The topological polar surface area (TPSA) is 50.8 Å². The molecule has 0 aliphatic carbocycles. The third-order valence-electron chi connectivity index (χ3n) is 4.23.